The third-order valence-electron chi connectivity index (χ3n) is 4.09. The molecule has 1 amide bonds. The van der Waals surface area contributed by atoms with E-state index in [1.807, 2.05) is 20.8 Å². The number of amides is 1. The van der Waals surface area contributed by atoms with E-state index < -0.39 is 5.54 Å². The van der Waals surface area contributed by atoms with Crippen LogP contribution in [0.25, 0.3) is 0 Å². The first-order valence-corrected chi connectivity index (χ1v) is 8.71. The number of aromatic nitrogens is 1. The van der Waals surface area contributed by atoms with E-state index in [1.54, 1.807) is 11.8 Å². The number of rotatable bonds is 5. The van der Waals surface area contributed by atoms with Crippen LogP contribution in [-0.2, 0) is 17.0 Å². The lowest BCUT2D eigenvalue weighted by Crippen LogP contribution is -2.41. The van der Waals surface area contributed by atoms with Crippen LogP contribution >= 0.6 is 11.8 Å². The number of aryl methyl sites for hydroxylation is 1. The van der Waals surface area contributed by atoms with Gasteiger partial charge in [-0.15, -0.1) is 0 Å². The van der Waals surface area contributed by atoms with Gasteiger partial charge in [-0.2, -0.15) is 11.8 Å². The Kier molecular flexibility index (Phi) is 4.71. The van der Waals surface area contributed by atoms with Crippen LogP contribution in [0.4, 0.5) is 0 Å². The van der Waals surface area contributed by atoms with Crippen LogP contribution < -0.4 is 5.32 Å². The van der Waals surface area contributed by atoms with Crippen molar-refractivity contribution in [1.82, 2.24) is 10.3 Å². The molecule has 0 saturated heterocycles. The molecule has 0 spiro atoms. The Hall–Kier alpha value is -1.36. The lowest BCUT2D eigenvalue weighted by molar-refractivity contribution is -0.124. The van der Waals surface area contributed by atoms with Crippen molar-refractivity contribution in [3.05, 3.63) is 29.1 Å². The zero-order valence-electron chi connectivity index (χ0n) is 13.4. The third kappa shape index (κ3) is 2.98. The largest absolute Gasteiger partial charge is 0.307 e. The van der Waals surface area contributed by atoms with E-state index in [1.165, 1.54) is 0 Å². The fraction of sp³-hybridized carbons (Fsp3) is 0.562. The van der Waals surface area contributed by atoms with Gasteiger partial charge in [0.15, 0.2) is 5.84 Å². The molecule has 1 unspecified atom stereocenters. The van der Waals surface area contributed by atoms with Crippen molar-refractivity contribution in [2.24, 2.45) is 10.9 Å². The molecular weight excluding hydrogens is 282 g/mol. The van der Waals surface area contributed by atoms with Crippen molar-refractivity contribution in [3.63, 3.8) is 0 Å². The first kappa shape index (κ1) is 16.0. The minimum atomic E-state index is -0.697. The number of nitrogens with zero attached hydrogens (tertiary/aromatic N) is 2. The number of amidine groups is 1. The van der Waals surface area contributed by atoms with Gasteiger partial charge in [0.2, 0.25) is 0 Å². The lowest BCUT2D eigenvalue weighted by Gasteiger charge is -2.21. The average molecular weight is 305 g/mol. The SMILES string of the molecule is CCc1ccc(CSC)nc1C1=NC(C)(C(C)C)C(=O)N1. The molecule has 1 aliphatic heterocycles. The van der Waals surface area contributed by atoms with Crippen molar-refractivity contribution < 1.29 is 4.79 Å². The predicted molar refractivity (Wildman–Crippen MR) is 88.8 cm³/mol. The van der Waals surface area contributed by atoms with Gasteiger partial charge >= 0.3 is 0 Å². The molecule has 0 fully saturated rings. The standard InChI is InChI=1S/C16H23N3OS/c1-6-11-7-8-12(9-21-5)17-13(11)14-18-15(20)16(4,19-14)10(2)3/h7-8,10H,6,9H2,1-5H3,(H,18,19,20). The number of hydrogen-bond donors (Lipinski definition) is 1. The molecule has 4 nitrogen and oxygen atoms in total. The van der Waals surface area contributed by atoms with Crippen molar-refractivity contribution in [2.75, 3.05) is 6.26 Å². The van der Waals surface area contributed by atoms with Crippen molar-refractivity contribution in [1.29, 1.82) is 0 Å². The van der Waals surface area contributed by atoms with Gasteiger partial charge in [-0.25, -0.2) is 9.98 Å². The Morgan fingerprint density at radius 2 is 2.10 bits per heavy atom. The maximum atomic E-state index is 12.3. The molecule has 1 aliphatic rings. The maximum Gasteiger partial charge on any atom is 0.253 e. The van der Waals surface area contributed by atoms with Gasteiger partial charge in [-0.05, 0) is 37.1 Å². The van der Waals surface area contributed by atoms with E-state index in [9.17, 15) is 4.79 Å². The first-order valence-electron chi connectivity index (χ1n) is 7.31. The summed E-state index contributed by atoms with van der Waals surface area (Å²) in [6.45, 7) is 8.01. The number of nitrogens with one attached hydrogen (secondary N) is 1. The fourth-order valence-electron chi connectivity index (χ4n) is 2.30. The number of thioether (sulfide) groups is 1. The molecule has 114 valence electrons. The molecule has 2 heterocycles. The zero-order chi connectivity index (χ0) is 15.6. The van der Waals surface area contributed by atoms with Crippen LogP contribution in [0.15, 0.2) is 17.1 Å². The molecule has 21 heavy (non-hydrogen) atoms. The Labute approximate surface area is 130 Å². The molecular formula is C16H23N3OS. The molecule has 0 bridgehead atoms. The smallest absolute Gasteiger partial charge is 0.253 e. The molecule has 0 radical (unpaired) electrons. The molecule has 0 saturated carbocycles. The second-order valence-electron chi connectivity index (χ2n) is 5.81. The average Bonchev–Trinajstić information content (AvgIpc) is 2.76. The molecule has 1 aromatic heterocycles. The van der Waals surface area contributed by atoms with Crippen LogP contribution in [0.3, 0.4) is 0 Å². The third-order valence-corrected chi connectivity index (χ3v) is 4.68. The number of carbonyl (C=O) groups excluding carboxylic acids is 1. The highest BCUT2D eigenvalue weighted by Crippen LogP contribution is 2.27. The Morgan fingerprint density at radius 1 is 1.38 bits per heavy atom. The highest BCUT2D eigenvalue weighted by molar-refractivity contribution is 7.97. The second-order valence-corrected chi connectivity index (χ2v) is 6.68. The Morgan fingerprint density at radius 3 is 2.62 bits per heavy atom. The summed E-state index contributed by atoms with van der Waals surface area (Å²) in [6, 6.07) is 4.14. The van der Waals surface area contributed by atoms with E-state index >= 15 is 0 Å². The van der Waals surface area contributed by atoms with Crippen LogP contribution in [0, 0.1) is 5.92 Å². The molecule has 1 N–H and O–H groups in total. The Balaban J connectivity index is 2.46. The van der Waals surface area contributed by atoms with Gasteiger partial charge in [0.1, 0.15) is 11.2 Å². The summed E-state index contributed by atoms with van der Waals surface area (Å²) in [5.74, 6) is 1.59. The van der Waals surface area contributed by atoms with Crippen molar-refractivity contribution >= 4 is 23.5 Å². The van der Waals surface area contributed by atoms with E-state index in [-0.39, 0.29) is 11.8 Å². The number of pyridine rings is 1. The summed E-state index contributed by atoms with van der Waals surface area (Å²) in [7, 11) is 0. The van der Waals surface area contributed by atoms with Gasteiger partial charge in [0.25, 0.3) is 5.91 Å². The Bertz CT molecular complexity index is 583. The summed E-state index contributed by atoms with van der Waals surface area (Å²) in [4.78, 5) is 21.6. The molecule has 1 atom stereocenters. The highest BCUT2D eigenvalue weighted by Gasteiger charge is 2.42. The summed E-state index contributed by atoms with van der Waals surface area (Å²) in [5, 5.41) is 2.93. The van der Waals surface area contributed by atoms with E-state index in [0.29, 0.717) is 5.84 Å². The van der Waals surface area contributed by atoms with Gasteiger partial charge in [-0.1, -0.05) is 26.8 Å². The molecule has 0 aliphatic carbocycles. The first-order chi connectivity index (χ1) is 9.92. The van der Waals surface area contributed by atoms with Gasteiger partial charge in [-0.3, -0.25) is 4.79 Å². The highest BCUT2D eigenvalue weighted by atomic mass is 32.2. The van der Waals surface area contributed by atoms with E-state index in [2.05, 4.69) is 35.6 Å². The number of hydrogen-bond acceptors (Lipinski definition) is 4. The topological polar surface area (TPSA) is 54.4 Å². The number of aliphatic imine (C=N–C) groups is 1. The molecule has 0 aromatic carbocycles. The summed E-state index contributed by atoms with van der Waals surface area (Å²) in [6.07, 6.45) is 2.93. The van der Waals surface area contributed by atoms with Crippen LogP contribution in [0.2, 0.25) is 0 Å². The van der Waals surface area contributed by atoms with Crippen LogP contribution in [-0.4, -0.2) is 28.5 Å². The minimum Gasteiger partial charge on any atom is -0.307 e. The van der Waals surface area contributed by atoms with Gasteiger partial charge in [0.05, 0.1) is 5.69 Å². The second kappa shape index (κ2) is 6.18. The van der Waals surface area contributed by atoms with Crippen LogP contribution in [0.1, 0.15) is 44.6 Å². The summed E-state index contributed by atoms with van der Waals surface area (Å²) < 4.78 is 0. The van der Waals surface area contributed by atoms with Gasteiger partial charge < -0.3 is 5.32 Å². The summed E-state index contributed by atoms with van der Waals surface area (Å²) in [5.41, 5.74) is 2.26. The minimum absolute atomic E-state index is 0.0355. The van der Waals surface area contributed by atoms with Crippen molar-refractivity contribution in [2.45, 2.75) is 45.4 Å². The monoisotopic (exact) mass is 305 g/mol. The quantitative estimate of drug-likeness (QED) is 0.910. The molecule has 2 rings (SSSR count). The maximum absolute atomic E-state index is 12.3. The normalized spacial score (nSPS) is 21.6. The summed E-state index contributed by atoms with van der Waals surface area (Å²) >= 11 is 1.73. The van der Waals surface area contributed by atoms with E-state index in [0.717, 1.165) is 29.1 Å². The molecule has 1 aromatic rings. The zero-order valence-corrected chi connectivity index (χ0v) is 14.2. The fourth-order valence-corrected chi connectivity index (χ4v) is 2.75. The van der Waals surface area contributed by atoms with Crippen LogP contribution in [0.5, 0.6) is 0 Å². The number of carbonyl (C=O) groups is 1. The van der Waals surface area contributed by atoms with Crippen molar-refractivity contribution in [3.8, 4) is 0 Å². The predicted octanol–water partition coefficient (Wildman–Crippen LogP) is 2.80. The van der Waals surface area contributed by atoms with E-state index in [4.69, 9.17) is 4.98 Å². The van der Waals surface area contributed by atoms with Gasteiger partial charge in [0, 0.05) is 5.75 Å². The lowest BCUT2D eigenvalue weighted by atomic mass is 9.89. The molecule has 5 heteroatoms.